The maximum atomic E-state index is 13.9. The molecule has 0 saturated heterocycles. The van der Waals surface area contributed by atoms with Crippen molar-refractivity contribution < 1.29 is 18.0 Å². The number of amides is 2. The van der Waals surface area contributed by atoms with Crippen molar-refractivity contribution in [3.05, 3.63) is 94.5 Å². The quantitative estimate of drug-likeness (QED) is 0.403. The van der Waals surface area contributed by atoms with Gasteiger partial charge in [-0.15, -0.1) is 0 Å². The Labute approximate surface area is 224 Å². The number of nitrogens with zero attached hydrogens (tertiary/aromatic N) is 2. The molecule has 0 fully saturated rings. The molecule has 3 rings (SSSR count). The van der Waals surface area contributed by atoms with Crippen LogP contribution in [0.25, 0.3) is 0 Å². The summed E-state index contributed by atoms with van der Waals surface area (Å²) in [6.07, 6.45) is 0.360. The van der Waals surface area contributed by atoms with Crippen LogP contribution < -0.4 is 9.62 Å². The molecule has 0 aliphatic carbocycles. The standard InChI is InChI=1S/C28H32ClN3O4S/c1-5-25(28(34)30-4)31(18-22-14-11-20(2)12-15-22)27(33)19-32(26-17-23(29)16-13-21(26)3)37(35,36)24-9-7-6-8-10-24/h6-17,25H,5,18-19H2,1-4H3,(H,30,34)/t25-/m0/s1. The Hall–Kier alpha value is -3.36. The lowest BCUT2D eigenvalue weighted by Crippen LogP contribution is -2.51. The maximum absolute atomic E-state index is 13.9. The van der Waals surface area contributed by atoms with Crippen LogP contribution in [0, 0.1) is 13.8 Å². The van der Waals surface area contributed by atoms with Crippen LogP contribution in [0.5, 0.6) is 0 Å². The van der Waals surface area contributed by atoms with E-state index in [-0.39, 0.29) is 17.3 Å². The number of rotatable bonds is 10. The molecule has 0 aromatic heterocycles. The van der Waals surface area contributed by atoms with E-state index in [2.05, 4.69) is 5.32 Å². The fourth-order valence-corrected chi connectivity index (χ4v) is 5.72. The number of benzene rings is 3. The van der Waals surface area contributed by atoms with Crippen LogP contribution in [0.3, 0.4) is 0 Å². The molecular formula is C28H32ClN3O4S. The normalized spacial score (nSPS) is 12.0. The summed E-state index contributed by atoms with van der Waals surface area (Å²) in [5.74, 6) is -0.825. The summed E-state index contributed by atoms with van der Waals surface area (Å²) in [6, 6.07) is 19.7. The van der Waals surface area contributed by atoms with Crippen molar-refractivity contribution in [2.24, 2.45) is 0 Å². The van der Waals surface area contributed by atoms with E-state index in [1.54, 1.807) is 37.3 Å². The van der Waals surface area contributed by atoms with Crippen molar-refractivity contribution in [2.75, 3.05) is 17.9 Å². The molecule has 1 N–H and O–H groups in total. The zero-order valence-electron chi connectivity index (χ0n) is 21.4. The van der Waals surface area contributed by atoms with Gasteiger partial charge in [0.2, 0.25) is 11.8 Å². The zero-order chi connectivity index (χ0) is 27.2. The van der Waals surface area contributed by atoms with Crippen LogP contribution in [0.1, 0.15) is 30.0 Å². The summed E-state index contributed by atoms with van der Waals surface area (Å²) >= 11 is 6.24. The number of nitrogens with one attached hydrogen (secondary N) is 1. The molecule has 3 aromatic carbocycles. The van der Waals surface area contributed by atoms with Crippen LogP contribution in [-0.4, -0.2) is 44.8 Å². The van der Waals surface area contributed by atoms with E-state index in [9.17, 15) is 18.0 Å². The van der Waals surface area contributed by atoms with Crippen LogP contribution in [0.2, 0.25) is 5.02 Å². The number of anilines is 1. The van der Waals surface area contributed by atoms with Crippen LogP contribution in [0.15, 0.2) is 77.7 Å². The molecule has 0 saturated carbocycles. The van der Waals surface area contributed by atoms with Gasteiger partial charge in [-0.3, -0.25) is 13.9 Å². The third-order valence-electron chi connectivity index (χ3n) is 6.16. The summed E-state index contributed by atoms with van der Waals surface area (Å²) in [5, 5.41) is 2.96. The van der Waals surface area contributed by atoms with Crippen molar-refractivity contribution in [1.82, 2.24) is 10.2 Å². The molecule has 0 heterocycles. The average Bonchev–Trinajstić information content (AvgIpc) is 2.89. The van der Waals surface area contributed by atoms with E-state index in [0.717, 1.165) is 15.4 Å². The molecule has 0 aliphatic rings. The number of likely N-dealkylation sites (N-methyl/N-ethyl adjacent to an activating group) is 1. The van der Waals surface area contributed by atoms with Crippen molar-refractivity contribution >= 4 is 39.1 Å². The van der Waals surface area contributed by atoms with Gasteiger partial charge in [-0.25, -0.2) is 8.42 Å². The zero-order valence-corrected chi connectivity index (χ0v) is 23.0. The lowest BCUT2D eigenvalue weighted by atomic mass is 10.1. The summed E-state index contributed by atoms with van der Waals surface area (Å²) in [4.78, 5) is 28.1. The molecule has 7 nitrogen and oxygen atoms in total. The highest BCUT2D eigenvalue weighted by molar-refractivity contribution is 7.92. The minimum atomic E-state index is -4.13. The van der Waals surface area contributed by atoms with Gasteiger partial charge in [0, 0.05) is 18.6 Å². The van der Waals surface area contributed by atoms with Crippen molar-refractivity contribution in [3.8, 4) is 0 Å². The molecule has 1 atom stereocenters. The minimum Gasteiger partial charge on any atom is -0.357 e. The van der Waals surface area contributed by atoms with Gasteiger partial charge in [-0.1, -0.05) is 72.6 Å². The van der Waals surface area contributed by atoms with E-state index in [1.165, 1.54) is 30.1 Å². The molecule has 0 bridgehead atoms. The van der Waals surface area contributed by atoms with E-state index in [0.29, 0.717) is 22.7 Å². The van der Waals surface area contributed by atoms with E-state index < -0.39 is 28.5 Å². The Morgan fingerprint density at radius 3 is 2.22 bits per heavy atom. The second-order valence-corrected chi connectivity index (χ2v) is 11.1. The largest absolute Gasteiger partial charge is 0.357 e. The van der Waals surface area contributed by atoms with E-state index in [4.69, 9.17) is 11.6 Å². The molecule has 9 heteroatoms. The first kappa shape index (κ1) is 28.2. The highest BCUT2D eigenvalue weighted by atomic mass is 35.5. The highest BCUT2D eigenvalue weighted by Gasteiger charge is 2.34. The number of carbonyl (C=O) groups excluding carboxylic acids is 2. The van der Waals surface area contributed by atoms with Gasteiger partial charge in [0.05, 0.1) is 10.6 Å². The Bertz CT molecular complexity index is 1350. The van der Waals surface area contributed by atoms with Crippen LogP contribution in [0.4, 0.5) is 5.69 Å². The minimum absolute atomic E-state index is 0.0469. The first-order valence-electron chi connectivity index (χ1n) is 12.0. The van der Waals surface area contributed by atoms with Gasteiger partial charge >= 0.3 is 0 Å². The molecule has 196 valence electrons. The predicted molar refractivity (Wildman–Crippen MR) is 147 cm³/mol. The molecule has 3 aromatic rings. The van der Waals surface area contributed by atoms with Crippen LogP contribution >= 0.6 is 11.6 Å². The number of hydrogen-bond acceptors (Lipinski definition) is 4. The Morgan fingerprint density at radius 1 is 0.973 bits per heavy atom. The number of sulfonamides is 1. The first-order chi connectivity index (χ1) is 17.6. The second-order valence-electron chi connectivity index (χ2n) is 8.80. The Kier molecular flexibility index (Phi) is 9.34. The number of carbonyl (C=O) groups is 2. The summed E-state index contributed by atoms with van der Waals surface area (Å²) in [5.41, 5.74) is 2.84. The average molecular weight is 542 g/mol. The molecule has 2 amide bonds. The molecule has 0 spiro atoms. The SMILES string of the molecule is CC[C@@H](C(=O)NC)N(Cc1ccc(C)cc1)C(=O)CN(c1cc(Cl)ccc1C)S(=O)(=O)c1ccccc1. The molecule has 37 heavy (non-hydrogen) atoms. The fraction of sp³-hybridized carbons (Fsp3) is 0.286. The summed E-state index contributed by atoms with van der Waals surface area (Å²) in [6.45, 7) is 5.18. The smallest absolute Gasteiger partial charge is 0.264 e. The third-order valence-corrected chi connectivity index (χ3v) is 8.16. The van der Waals surface area contributed by atoms with Gasteiger partial charge in [0.1, 0.15) is 12.6 Å². The topological polar surface area (TPSA) is 86.8 Å². The number of hydrogen-bond donors (Lipinski definition) is 1. The Morgan fingerprint density at radius 2 is 1.62 bits per heavy atom. The molecular weight excluding hydrogens is 510 g/mol. The fourth-order valence-electron chi connectivity index (χ4n) is 4.06. The summed E-state index contributed by atoms with van der Waals surface area (Å²) < 4.78 is 28.7. The molecule has 0 unspecified atom stereocenters. The van der Waals surface area contributed by atoms with Gasteiger partial charge < -0.3 is 10.2 Å². The summed E-state index contributed by atoms with van der Waals surface area (Å²) in [7, 11) is -2.62. The number of aryl methyl sites for hydroxylation is 2. The van der Waals surface area contributed by atoms with Crippen molar-refractivity contribution in [2.45, 2.75) is 44.7 Å². The first-order valence-corrected chi connectivity index (χ1v) is 13.8. The van der Waals surface area contributed by atoms with Crippen molar-refractivity contribution in [1.29, 1.82) is 0 Å². The highest BCUT2D eigenvalue weighted by Crippen LogP contribution is 2.30. The predicted octanol–water partition coefficient (Wildman–Crippen LogP) is 4.71. The lowest BCUT2D eigenvalue weighted by Gasteiger charge is -2.33. The van der Waals surface area contributed by atoms with Gasteiger partial charge in [0.15, 0.2) is 0 Å². The number of halogens is 1. The lowest BCUT2D eigenvalue weighted by molar-refractivity contribution is -0.140. The van der Waals surface area contributed by atoms with Gasteiger partial charge in [0.25, 0.3) is 10.0 Å². The van der Waals surface area contributed by atoms with Crippen LogP contribution in [-0.2, 0) is 26.2 Å². The molecule has 0 aliphatic heterocycles. The van der Waals surface area contributed by atoms with Gasteiger partial charge in [-0.2, -0.15) is 0 Å². The monoisotopic (exact) mass is 541 g/mol. The maximum Gasteiger partial charge on any atom is 0.264 e. The van der Waals surface area contributed by atoms with E-state index in [1.807, 2.05) is 38.1 Å². The molecule has 0 radical (unpaired) electrons. The van der Waals surface area contributed by atoms with Gasteiger partial charge in [-0.05, 0) is 55.7 Å². The van der Waals surface area contributed by atoms with Crippen molar-refractivity contribution in [3.63, 3.8) is 0 Å². The second kappa shape index (κ2) is 12.3. The third kappa shape index (κ3) is 6.70. The Balaban J connectivity index is 2.09. The van der Waals surface area contributed by atoms with E-state index >= 15 is 0 Å².